The summed E-state index contributed by atoms with van der Waals surface area (Å²) in [7, 11) is 0. The van der Waals surface area contributed by atoms with E-state index in [2.05, 4.69) is 26.0 Å². The molecule has 2 heteroatoms. The Morgan fingerprint density at radius 2 is 1.67 bits per heavy atom. The normalized spacial score (nSPS) is 12.5. The predicted octanol–water partition coefficient (Wildman–Crippen LogP) is 3.37. The van der Waals surface area contributed by atoms with Gasteiger partial charge in [0.2, 0.25) is 5.91 Å². The number of nitrogens with zero attached hydrogens (tertiary/aromatic N) is 1. The van der Waals surface area contributed by atoms with Crippen molar-refractivity contribution in [3.8, 4) is 0 Å². The van der Waals surface area contributed by atoms with E-state index in [0.717, 1.165) is 19.5 Å². The molecule has 1 aromatic rings. The summed E-state index contributed by atoms with van der Waals surface area (Å²) in [6.45, 7) is 9.95. The fourth-order valence-electron chi connectivity index (χ4n) is 2.25. The summed E-state index contributed by atoms with van der Waals surface area (Å²) in [5, 5.41) is 0. The highest BCUT2D eigenvalue weighted by atomic mass is 16.2. The van der Waals surface area contributed by atoms with Gasteiger partial charge in [0.25, 0.3) is 0 Å². The standard InChI is InChI=1S/C16H25NO/c1-5-17(6-2)16(18)15(13(3)4)12-14-10-8-7-9-11-14/h7-11,13,15H,5-6,12H2,1-4H3/t15-/m1/s1. The fourth-order valence-corrected chi connectivity index (χ4v) is 2.25. The first-order valence-corrected chi connectivity index (χ1v) is 6.92. The van der Waals surface area contributed by atoms with Crippen molar-refractivity contribution in [2.75, 3.05) is 13.1 Å². The van der Waals surface area contributed by atoms with Crippen LogP contribution in [0.1, 0.15) is 33.3 Å². The summed E-state index contributed by atoms with van der Waals surface area (Å²) < 4.78 is 0. The molecule has 0 fully saturated rings. The highest BCUT2D eigenvalue weighted by Crippen LogP contribution is 2.20. The van der Waals surface area contributed by atoms with Crippen molar-refractivity contribution in [3.05, 3.63) is 35.9 Å². The zero-order chi connectivity index (χ0) is 13.5. The van der Waals surface area contributed by atoms with Gasteiger partial charge in [-0.3, -0.25) is 4.79 Å². The molecule has 1 atom stereocenters. The van der Waals surface area contributed by atoms with Crippen molar-refractivity contribution in [1.29, 1.82) is 0 Å². The zero-order valence-corrected chi connectivity index (χ0v) is 12.0. The fraction of sp³-hybridized carbons (Fsp3) is 0.562. The summed E-state index contributed by atoms with van der Waals surface area (Å²) in [6, 6.07) is 10.3. The second kappa shape index (κ2) is 7.20. The van der Waals surface area contributed by atoms with E-state index in [-0.39, 0.29) is 5.92 Å². The van der Waals surface area contributed by atoms with Gasteiger partial charge in [-0.1, -0.05) is 44.2 Å². The van der Waals surface area contributed by atoms with Crippen LogP contribution in [-0.2, 0) is 11.2 Å². The molecule has 0 heterocycles. The second-order valence-electron chi connectivity index (χ2n) is 5.05. The Bertz CT molecular complexity index is 355. The number of hydrogen-bond donors (Lipinski definition) is 0. The predicted molar refractivity (Wildman–Crippen MR) is 76.4 cm³/mol. The third kappa shape index (κ3) is 3.86. The largest absolute Gasteiger partial charge is 0.343 e. The summed E-state index contributed by atoms with van der Waals surface area (Å²) in [5.41, 5.74) is 1.25. The van der Waals surface area contributed by atoms with Gasteiger partial charge in [0.05, 0.1) is 0 Å². The lowest BCUT2D eigenvalue weighted by Gasteiger charge is -2.27. The van der Waals surface area contributed by atoms with Gasteiger partial charge in [0, 0.05) is 19.0 Å². The van der Waals surface area contributed by atoms with Gasteiger partial charge in [0.15, 0.2) is 0 Å². The minimum Gasteiger partial charge on any atom is -0.343 e. The van der Waals surface area contributed by atoms with Gasteiger partial charge in [-0.05, 0) is 31.7 Å². The average Bonchev–Trinajstić information content (AvgIpc) is 2.38. The molecule has 0 N–H and O–H groups in total. The first-order valence-electron chi connectivity index (χ1n) is 6.92. The molecule has 1 rings (SSSR count). The summed E-state index contributed by atoms with van der Waals surface area (Å²) in [6.07, 6.45) is 0.841. The molecular weight excluding hydrogens is 222 g/mol. The Morgan fingerprint density at radius 3 is 2.11 bits per heavy atom. The van der Waals surface area contributed by atoms with Crippen molar-refractivity contribution >= 4 is 5.91 Å². The molecule has 0 bridgehead atoms. The smallest absolute Gasteiger partial charge is 0.226 e. The SMILES string of the molecule is CCN(CC)C(=O)[C@H](Cc1ccccc1)C(C)C. The maximum atomic E-state index is 12.5. The minimum absolute atomic E-state index is 0.0901. The van der Waals surface area contributed by atoms with Crippen LogP contribution in [0.3, 0.4) is 0 Å². The molecule has 0 aromatic heterocycles. The maximum absolute atomic E-state index is 12.5. The molecular formula is C16H25NO. The van der Waals surface area contributed by atoms with Crippen LogP contribution in [0.5, 0.6) is 0 Å². The Kier molecular flexibility index (Phi) is 5.90. The van der Waals surface area contributed by atoms with Gasteiger partial charge in [-0.25, -0.2) is 0 Å². The molecule has 0 unspecified atom stereocenters. The second-order valence-corrected chi connectivity index (χ2v) is 5.05. The zero-order valence-electron chi connectivity index (χ0n) is 12.0. The third-order valence-corrected chi connectivity index (χ3v) is 3.50. The van der Waals surface area contributed by atoms with E-state index in [9.17, 15) is 4.79 Å². The molecule has 0 aliphatic heterocycles. The van der Waals surface area contributed by atoms with Crippen LogP contribution in [0.25, 0.3) is 0 Å². The first kappa shape index (κ1) is 14.7. The number of benzene rings is 1. The van der Waals surface area contributed by atoms with Gasteiger partial charge in [-0.2, -0.15) is 0 Å². The molecule has 18 heavy (non-hydrogen) atoms. The number of carbonyl (C=O) groups is 1. The molecule has 2 nitrogen and oxygen atoms in total. The Labute approximate surface area is 111 Å². The third-order valence-electron chi connectivity index (χ3n) is 3.50. The first-order chi connectivity index (χ1) is 8.60. The summed E-state index contributed by atoms with van der Waals surface area (Å²) in [5.74, 6) is 0.754. The van der Waals surface area contributed by atoms with Gasteiger partial charge in [0.1, 0.15) is 0 Å². The van der Waals surface area contributed by atoms with E-state index in [1.807, 2.05) is 36.9 Å². The Morgan fingerprint density at radius 1 is 1.11 bits per heavy atom. The average molecular weight is 247 g/mol. The van der Waals surface area contributed by atoms with Gasteiger partial charge < -0.3 is 4.90 Å². The molecule has 1 aromatic carbocycles. The van der Waals surface area contributed by atoms with E-state index in [0.29, 0.717) is 11.8 Å². The number of hydrogen-bond acceptors (Lipinski definition) is 1. The van der Waals surface area contributed by atoms with E-state index in [1.54, 1.807) is 0 Å². The Balaban J connectivity index is 2.80. The molecule has 0 aliphatic rings. The minimum atomic E-state index is 0.0901. The van der Waals surface area contributed by atoms with Crippen molar-refractivity contribution in [1.82, 2.24) is 4.90 Å². The Hall–Kier alpha value is -1.31. The van der Waals surface area contributed by atoms with Gasteiger partial charge >= 0.3 is 0 Å². The molecule has 0 saturated carbocycles. The van der Waals surface area contributed by atoms with Crippen LogP contribution in [-0.4, -0.2) is 23.9 Å². The molecule has 0 radical (unpaired) electrons. The lowest BCUT2D eigenvalue weighted by atomic mass is 9.88. The quantitative estimate of drug-likeness (QED) is 0.754. The van der Waals surface area contributed by atoms with E-state index >= 15 is 0 Å². The monoisotopic (exact) mass is 247 g/mol. The van der Waals surface area contributed by atoms with E-state index in [1.165, 1.54) is 5.56 Å². The van der Waals surface area contributed by atoms with Crippen LogP contribution in [0.15, 0.2) is 30.3 Å². The van der Waals surface area contributed by atoms with Crippen LogP contribution >= 0.6 is 0 Å². The van der Waals surface area contributed by atoms with Crippen molar-refractivity contribution < 1.29 is 4.79 Å². The topological polar surface area (TPSA) is 20.3 Å². The summed E-state index contributed by atoms with van der Waals surface area (Å²) in [4.78, 5) is 14.4. The highest BCUT2D eigenvalue weighted by molar-refractivity contribution is 5.79. The summed E-state index contributed by atoms with van der Waals surface area (Å²) >= 11 is 0. The van der Waals surface area contributed by atoms with Gasteiger partial charge in [-0.15, -0.1) is 0 Å². The van der Waals surface area contributed by atoms with Crippen LogP contribution < -0.4 is 0 Å². The molecule has 100 valence electrons. The lowest BCUT2D eigenvalue weighted by molar-refractivity contribution is -0.136. The van der Waals surface area contributed by atoms with E-state index in [4.69, 9.17) is 0 Å². The number of rotatable bonds is 6. The highest BCUT2D eigenvalue weighted by Gasteiger charge is 2.25. The molecule has 0 spiro atoms. The molecule has 1 amide bonds. The molecule has 0 saturated heterocycles. The number of amides is 1. The van der Waals surface area contributed by atoms with Crippen molar-refractivity contribution in [2.45, 2.75) is 34.1 Å². The molecule has 0 aliphatic carbocycles. The van der Waals surface area contributed by atoms with Crippen LogP contribution in [0.4, 0.5) is 0 Å². The lowest BCUT2D eigenvalue weighted by Crippen LogP contribution is -2.38. The maximum Gasteiger partial charge on any atom is 0.226 e. The van der Waals surface area contributed by atoms with Crippen LogP contribution in [0, 0.1) is 11.8 Å². The van der Waals surface area contributed by atoms with Crippen molar-refractivity contribution in [2.24, 2.45) is 11.8 Å². The van der Waals surface area contributed by atoms with E-state index < -0.39 is 0 Å². The van der Waals surface area contributed by atoms with Crippen molar-refractivity contribution in [3.63, 3.8) is 0 Å². The van der Waals surface area contributed by atoms with Crippen LogP contribution in [0.2, 0.25) is 0 Å². The number of carbonyl (C=O) groups excluding carboxylic acids is 1.